The van der Waals surface area contributed by atoms with Crippen molar-refractivity contribution < 1.29 is 32.2 Å². The molecule has 2 aromatic carbocycles. The summed E-state index contributed by atoms with van der Waals surface area (Å²) in [6.07, 6.45) is 2.21. The smallest absolute Gasteiger partial charge is 0.368 e. The van der Waals surface area contributed by atoms with Crippen LogP contribution in [0.5, 0.6) is 5.75 Å². The van der Waals surface area contributed by atoms with Crippen molar-refractivity contribution in [1.82, 2.24) is 4.31 Å². The molecule has 3 rings (SSSR count). The lowest BCUT2D eigenvalue weighted by atomic mass is 10.2. The van der Waals surface area contributed by atoms with Crippen LogP contribution >= 0.6 is 11.8 Å². The minimum atomic E-state index is -3.99. The summed E-state index contributed by atoms with van der Waals surface area (Å²) < 4.78 is 52.7. The maximum absolute atomic E-state index is 13.6. The first-order chi connectivity index (χ1) is 15.7. The average Bonchev–Trinajstić information content (AvgIpc) is 2.89. The first-order valence-electron chi connectivity index (χ1n) is 10.1. The highest BCUT2D eigenvalue weighted by Crippen LogP contribution is 2.43. The van der Waals surface area contributed by atoms with E-state index in [9.17, 15) is 17.6 Å². The van der Waals surface area contributed by atoms with E-state index in [0.717, 1.165) is 5.69 Å². The third-order valence-corrected chi connectivity index (χ3v) is 7.87. The van der Waals surface area contributed by atoms with Crippen LogP contribution in [0.2, 0.25) is 0 Å². The number of hydrogen-bond acceptors (Lipinski definition) is 7. The lowest BCUT2D eigenvalue weighted by Crippen LogP contribution is -2.43. The number of carboxylic acid groups (broad SMARTS) is 1. The van der Waals surface area contributed by atoms with Crippen molar-refractivity contribution in [3.05, 3.63) is 54.6 Å². The molecule has 1 N–H and O–H groups in total. The number of carboxylic acids is 1. The van der Waals surface area contributed by atoms with E-state index in [4.69, 9.17) is 14.6 Å². The van der Waals surface area contributed by atoms with Gasteiger partial charge in [-0.25, -0.2) is 13.2 Å². The molecule has 33 heavy (non-hydrogen) atoms. The second kappa shape index (κ2) is 10.6. The van der Waals surface area contributed by atoms with Crippen molar-refractivity contribution in [2.75, 3.05) is 38.0 Å². The molecule has 1 heterocycles. The second-order valence-corrected chi connectivity index (χ2v) is 9.95. The predicted octanol–water partition coefficient (Wildman–Crippen LogP) is 3.86. The summed E-state index contributed by atoms with van der Waals surface area (Å²) in [6.45, 7) is 2.83. The minimum Gasteiger partial charge on any atom is -0.476 e. The fraction of sp³-hybridized carbons (Fsp3) is 0.318. The van der Waals surface area contributed by atoms with Gasteiger partial charge in [0.25, 0.3) is 0 Å². The largest absolute Gasteiger partial charge is 0.476 e. The first kappa shape index (κ1) is 25.0. The van der Waals surface area contributed by atoms with Gasteiger partial charge < -0.3 is 19.5 Å². The number of aliphatic carboxylic acids is 1. The van der Waals surface area contributed by atoms with Crippen molar-refractivity contribution in [2.24, 2.45) is 0 Å². The number of benzene rings is 2. The number of fused-ring (bicyclic) bond motifs is 1. The molecule has 0 aromatic heterocycles. The molecule has 1 atom stereocenters. The lowest BCUT2D eigenvalue weighted by Gasteiger charge is -2.29. The zero-order valence-electron chi connectivity index (χ0n) is 18.4. The quantitative estimate of drug-likeness (QED) is 0.334. The number of anilines is 2. The predicted molar refractivity (Wildman–Crippen MR) is 124 cm³/mol. The zero-order chi connectivity index (χ0) is 24.2. The number of carbonyl (C=O) groups is 1. The summed E-state index contributed by atoms with van der Waals surface area (Å²) in [4.78, 5) is 13.2. The monoisotopic (exact) mass is 496 g/mol. The maximum atomic E-state index is 13.6. The molecule has 0 fully saturated rings. The Labute approximate surface area is 196 Å². The Bertz CT molecular complexity index is 1140. The van der Waals surface area contributed by atoms with E-state index in [-0.39, 0.29) is 17.3 Å². The molecule has 1 unspecified atom stereocenters. The van der Waals surface area contributed by atoms with E-state index in [1.165, 1.54) is 29.2 Å². The van der Waals surface area contributed by atoms with Crippen LogP contribution in [0.1, 0.15) is 6.92 Å². The van der Waals surface area contributed by atoms with E-state index >= 15 is 0 Å². The van der Waals surface area contributed by atoms with Crippen LogP contribution in [0.15, 0.2) is 64.3 Å². The molecule has 8 nitrogen and oxygen atoms in total. The molecular weight excluding hydrogens is 471 g/mol. The SMILES string of the molecule is CCOCC1CN(c2ccccc2)c2cc(SC)c(O/C=C(\F)C(=O)O)cc2S(=O)(=O)N1C. The van der Waals surface area contributed by atoms with Gasteiger partial charge in [0.1, 0.15) is 16.9 Å². The third-order valence-electron chi connectivity index (χ3n) is 5.18. The van der Waals surface area contributed by atoms with Crippen molar-refractivity contribution in [2.45, 2.75) is 22.8 Å². The fourth-order valence-electron chi connectivity index (χ4n) is 3.40. The molecule has 0 spiro atoms. The van der Waals surface area contributed by atoms with Crippen LogP contribution in [0.3, 0.4) is 0 Å². The summed E-state index contributed by atoms with van der Waals surface area (Å²) in [5.41, 5.74) is 1.23. The summed E-state index contributed by atoms with van der Waals surface area (Å²) >= 11 is 1.26. The molecule has 0 saturated heterocycles. The molecule has 0 radical (unpaired) electrons. The average molecular weight is 497 g/mol. The standard InChI is InChI=1S/C22H25FN2O6S2/c1-4-30-13-16-12-25(15-8-6-5-7-9-15)18-10-20(32-3)19(31-14-17(23)22(26)27)11-21(18)33(28,29)24(16)2/h5-11,14,16H,4,12-13H2,1-3H3,(H,26,27)/b17-14-. The lowest BCUT2D eigenvalue weighted by molar-refractivity contribution is -0.134. The van der Waals surface area contributed by atoms with E-state index in [0.29, 0.717) is 30.0 Å². The Hall–Kier alpha value is -2.60. The molecule has 1 aliphatic heterocycles. The van der Waals surface area contributed by atoms with Gasteiger partial charge in [-0.3, -0.25) is 0 Å². The molecule has 178 valence electrons. The zero-order valence-corrected chi connectivity index (χ0v) is 20.0. The van der Waals surface area contributed by atoms with E-state index < -0.39 is 27.9 Å². The van der Waals surface area contributed by atoms with Crippen LogP contribution in [0.25, 0.3) is 0 Å². The van der Waals surface area contributed by atoms with Crippen LogP contribution in [0.4, 0.5) is 15.8 Å². The number of hydrogen-bond donors (Lipinski definition) is 1. The molecule has 0 bridgehead atoms. The summed E-state index contributed by atoms with van der Waals surface area (Å²) in [7, 11) is -2.50. The van der Waals surface area contributed by atoms with E-state index in [2.05, 4.69) is 0 Å². The molecule has 0 saturated carbocycles. The van der Waals surface area contributed by atoms with Crippen molar-refractivity contribution in [3.8, 4) is 5.75 Å². The van der Waals surface area contributed by atoms with Gasteiger partial charge in [0.2, 0.25) is 15.9 Å². The van der Waals surface area contributed by atoms with Crippen LogP contribution in [-0.2, 0) is 19.6 Å². The molecule has 2 aromatic rings. The van der Waals surface area contributed by atoms with E-state index in [1.54, 1.807) is 12.3 Å². The summed E-state index contributed by atoms with van der Waals surface area (Å²) in [5.74, 6) is -3.25. The van der Waals surface area contributed by atoms with Gasteiger partial charge in [0.05, 0.1) is 23.2 Å². The van der Waals surface area contributed by atoms with Crippen LogP contribution in [0, 0.1) is 0 Å². The number of likely N-dealkylation sites (N-methyl/N-ethyl adjacent to an activating group) is 1. The van der Waals surface area contributed by atoms with Gasteiger partial charge in [-0.2, -0.15) is 8.70 Å². The molecule has 0 amide bonds. The van der Waals surface area contributed by atoms with Gasteiger partial charge in [-0.05, 0) is 31.4 Å². The Morgan fingerprint density at radius 2 is 2.00 bits per heavy atom. The summed E-state index contributed by atoms with van der Waals surface area (Å²) in [5, 5.41) is 8.74. The Balaban J connectivity index is 2.21. The number of halogens is 1. The van der Waals surface area contributed by atoms with Gasteiger partial charge in [-0.15, -0.1) is 11.8 Å². The highest BCUT2D eigenvalue weighted by Gasteiger charge is 2.38. The van der Waals surface area contributed by atoms with Gasteiger partial charge in [0, 0.05) is 32.0 Å². The van der Waals surface area contributed by atoms with Gasteiger partial charge in [-0.1, -0.05) is 18.2 Å². The topological polar surface area (TPSA) is 96.4 Å². The normalized spacial score (nSPS) is 18.5. The molecule has 1 aliphatic rings. The highest BCUT2D eigenvalue weighted by molar-refractivity contribution is 7.98. The number of nitrogens with zero attached hydrogens (tertiary/aromatic N) is 2. The number of sulfonamides is 1. The van der Waals surface area contributed by atoms with Gasteiger partial charge in [0.15, 0.2) is 0 Å². The second-order valence-electron chi connectivity index (χ2n) is 7.14. The number of rotatable bonds is 8. The number of thioether (sulfide) groups is 1. The molecule has 0 aliphatic carbocycles. The Morgan fingerprint density at radius 1 is 1.30 bits per heavy atom. The van der Waals surface area contributed by atoms with Crippen molar-refractivity contribution in [3.63, 3.8) is 0 Å². The van der Waals surface area contributed by atoms with Crippen molar-refractivity contribution >= 4 is 39.1 Å². The first-order valence-corrected chi connectivity index (χ1v) is 12.7. The molecular formula is C22H25FN2O6S2. The number of ether oxygens (including phenoxy) is 2. The maximum Gasteiger partial charge on any atom is 0.368 e. The number of para-hydroxylation sites is 1. The van der Waals surface area contributed by atoms with E-state index in [1.807, 2.05) is 42.2 Å². The van der Waals surface area contributed by atoms with Crippen LogP contribution < -0.4 is 9.64 Å². The fourth-order valence-corrected chi connectivity index (χ4v) is 5.46. The van der Waals surface area contributed by atoms with Gasteiger partial charge >= 0.3 is 5.97 Å². The third kappa shape index (κ3) is 5.32. The summed E-state index contributed by atoms with van der Waals surface area (Å²) in [6, 6.07) is 11.8. The Morgan fingerprint density at radius 3 is 2.61 bits per heavy atom. The van der Waals surface area contributed by atoms with Crippen molar-refractivity contribution in [1.29, 1.82) is 0 Å². The molecule has 11 heteroatoms. The highest BCUT2D eigenvalue weighted by atomic mass is 32.2. The minimum absolute atomic E-state index is 0.0332. The Kier molecular flexibility index (Phi) is 8.01. The van der Waals surface area contributed by atoms with Crippen LogP contribution in [-0.4, -0.2) is 62.9 Å².